The zero-order valence-electron chi connectivity index (χ0n) is 14.5. The van der Waals surface area contributed by atoms with Gasteiger partial charge in [-0.15, -0.1) is 0 Å². The fraction of sp³-hybridized carbons (Fsp3) is 1.00. The molecule has 0 unspecified atom stereocenters. The summed E-state index contributed by atoms with van der Waals surface area (Å²) in [6.07, 6.45) is 6.38. The lowest BCUT2D eigenvalue weighted by Crippen LogP contribution is -2.27. The van der Waals surface area contributed by atoms with Crippen LogP contribution in [-0.4, -0.2) is 19.4 Å². The summed E-state index contributed by atoms with van der Waals surface area (Å²) in [5.41, 5.74) is 0. The van der Waals surface area contributed by atoms with Crippen LogP contribution in [0.2, 0.25) is 0 Å². The van der Waals surface area contributed by atoms with Crippen LogP contribution in [-0.2, 0) is 4.74 Å². The van der Waals surface area contributed by atoms with Crippen molar-refractivity contribution in [1.29, 1.82) is 0 Å². The summed E-state index contributed by atoms with van der Waals surface area (Å²) in [7, 11) is 0. The minimum atomic E-state index is -3.98. The maximum Gasteiger partial charge on any atom is 0.389 e. The van der Waals surface area contributed by atoms with Crippen molar-refractivity contribution < 1.29 is 17.9 Å². The van der Waals surface area contributed by atoms with E-state index >= 15 is 0 Å². The first-order valence-electron chi connectivity index (χ1n) is 9.62. The Balaban J connectivity index is 1.61. The van der Waals surface area contributed by atoms with Crippen molar-refractivity contribution in [3.05, 3.63) is 0 Å². The SMILES string of the molecule is CCCOC[C@H]1CC[C@H]([C@H]2CC[C@H](CCC(F)(F)F)CC2)CC1. The van der Waals surface area contributed by atoms with Crippen LogP contribution in [0.15, 0.2) is 0 Å². The summed E-state index contributed by atoms with van der Waals surface area (Å²) in [5.74, 6) is 2.64. The van der Waals surface area contributed by atoms with Gasteiger partial charge in [-0.1, -0.05) is 19.8 Å². The average Bonchev–Trinajstić information content (AvgIpc) is 2.54. The molecule has 0 aromatic carbocycles. The van der Waals surface area contributed by atoms with Gasteiger partial charge in [0.15, 0.2) is 0 Å². The molecule has 1 nitrogen and oxygen atoms in total. The first-order valence-corrected chi connectivity index (χ1v) is 9.62. The van der Waals surface area contributed by atoms with Gasteiger partial charge in [0.25, 0.3) is 0 Å². The second-order valence-electron chi connectivity index (χ2n) is 7.79. The Labute approximate surface area is 139 Å². The van der Waals surface area contributed by atoms with Crippen molar-refractivity contribution in [2.45, 2.75) is 83.7 Å². The first kappa shape index (κ1) is 19.1. The number of ether oxygens (including phenoxy) is 1. The highest BCUT2D eigenvalue weighted by Crippen LogP contribution is 2.42. The minimum absolute atomic E-state index is 0.312. The molecule has 0 N–H and O–H groups in total. The molecule has 0 radical (unpaired) electrons. The van der Waals surface area contributed by atoms with Gasteiger partial charge < -0.3 is 4.74 Å². The maximum atomic E-state index is 12.3. The quantitative estimate of drug-likeness (QED) is 0.492. The molecule has 2 aliphatic carbocycles. The Hall–Kier alpha value is -0.250. The molecule has 0 spiro atoms. The van der Waals surface area contributed by atoms with Crippen molar-refractivity contribution in [2.24, 2.45) is 23.7 Å². The van der Waals surface area contributed by atoms with E-state index in [-0.39, 0.29) is 0 Å². The predicted octanol–water partition coefficient (Wildman–Crippen LogP) is 6.37. The van der Waals surface area contributed by atoms with Gasteiger partial charge >= 0.3 is 6.18 Å². The zero-order valence-corrected chi connectivity index (χ0v) is 14.5. The Morgan fingerprint density at radius 2 is 1.35 bits per heavy atom. The lowest BCUT2D eigenvalue weighted by molar-refractivity contribution is -0.138. The number of hydrogen-bond donors (Lipinski definition) is 0. The molecule has 2 aliphatic rings. The smallest absolute Gasteiger partial charge is 0.381 e. The van der Waals surface area contributed by atoms with Gasteiger partial charge in [0.1, 0.15) is 0 Å². The van der Waals surface area contributed by atoms with E-state index in [9.17, 15) is 13.2 Å². The van der Waals surface area contributed by atoms with Gasteiger partial charge in [-0.3, -0.25) is 0 Å². The van der Waals surface area contributed by atoms with E-state index in [1.54, 1.807) is 0 Å². The molecule has 2 fully saturated rings. The van der Waals surface area contributed by atoms with E-state index in [0.717, 1.165) is 63.1 Å². The third-order valence-electron chi connectivity index (χ3n) is 5.99. The molecule has 23 heavy (non-hydrogen) atoms. The fourth-order valence-corrected chi connectivity index (χ4v) is 4.54. The molecule has 136 valence electrons. The van der Waals surface area contributed by atoms with Gasteiger partial charge in [0.2, 0.25) is 0 Å². The van der Waals surface area contributed by atoms with E-state index in [4.69, 9.17) is 4.74 Å². The van der Waals surface area contributed by atoms with Crippen molar-refractivity contribution in [3.63, 3.8) is 0 Å². The van der Waals surface area contributed by atoms with Crippen LogP contribution in [0.25, 0.3) is 0 Å². The lowest BCUT2D eigenvalue weighted by Gasteiger charge is -2.38. The molecule has 0 heterocycles. The third kappa shape index (κ3) is 7.03. The van der Waals surface area contributed by atoms with Gasteiger partial charge in [0, 0.05) is 19.6 Å². The standard InChI is InChI=1S/C19H33F3O/c1-2-13-23-14-16-5-9-18(10-6-16)17-7-3-15(4-8-17)11-12-19(20,21)22/h15-18H,2-14H2,1H3/t15-,16-,17-,18-. The Bertz CT molecular complexity index is 313. The monoisotopic (exact) mass is 334 g/mol. The molecule has 4 heteroatoms. The molecule has 0 atom stereocenters. The first-order chi connectivity index (χ1) is 11.0. The Morgan fingerprint density at radius 3 is 1.83 bits per heavy atom. The van der Waals surface area contributed by atoms with Gasteiger partial charge in [-0.2, -0.15) is 13.2 Å². The van der Waals surface area contributed by atoms with Crippen molar-refractivity contribution in [1.82, 2.24) is 0 Å². The normalized spacial score (nSPS) is 32.9. The third-order valence-corrected chi connectivity index (χ3v) is 5.99. The molecular formula is C19H33F3O. The van der Waals surface area contributed by atoms with E-state index in [1.807, 2.05) is 0 Å². The molecular weight excluding hydrogens is 301 g/mol. The van der Waals surface area contributed by atoms with E-state index < -0.39 is 12.6 Å². The molecule has 2 saturated carbocycles. The summed E-state index contributed by atoms with van der Waals surface area (Å²) in [6.45, 7) is 3.94. The Kier molecular flexibility index (Phi) is 7.71. The summed E-state index contributed by atoms with van der Waals surface area (Å²) >= 11 is 0. The highest BCUT2D eigenvalue weighted by molar-refractivity contribution is 4.82. The maximum absolute atomic E-state index is 12.3. The lowest BCUT2D eigenvalue weighted by atomic mass is 9.69. The van der Waals surface area contributed by atoms with Crippen molar-refractivity contribution in [2.75, 3.05) is 13.2 Å². The van der Waals surface area contributed by atoms with Crippen LogP contribution >= 0.6 is 0 Å². The van der Waals surface area contributed by atoms with Crippen LogP contribution < -0.4 is 0 Å². The average molecular weight is 334 g/mol. The van der Waals surface area contributed by atoms with Gasteiger partial charge in [-0.05, 0) is 75.0 Å². The molecule has 0 saturated heterocycles. The van der Waals surface area contributed by atoms with E-state index in [0.29, 0.717) is 12.3 Å². The van der Waals surface area contributed by atoms with Crippen LogP contribution in [0.5, 0.6) is 0 Å². The summed E-state index contributed by atoms with van der Waals surface area (Å²) in [5, 5.41) is 0. The predicted molar refractivity (Wildman–Crippen MR) is 87.3 cm³/mol. The van der Waals surface area contributed by atoms with Crippen molar-refractivity contribution in [3.8, 4) is 0 Å². The number of rotatable bonds is 7. The fourth-order valence-electron chi connectivity index (χ4n) is 4.54. The number of halogens is 3. The highest BCUT2D eigenvalue weighted by atomic mass is 19.4. The van der Waals surface area contributed by atoms with Crippen LogP contribution in [0.3, 0.4) is 0 Å². The van der Waals surface area contributed by atoms with E-state index in [2.05, 4.69) is 6.92 Å². The summed E-state index contributed by atoms with van der Waals surface area (Å²) in [6, 6.07) is 0. The number of alkyl halides is 3. The van der Waals surface area contributed by atoms with Crippen LogP contribution in [0, 0.1) is 23.7 Å². The molecule has 0 bridgehead atoms. The molecule has 0 aromatic rings. The summed E-state index contributed by atoms with van der Waals surface area (Å²) in [4.78, 5) is 0. The highest BCUT2D eigenvalue weighted by Gasteiger charge is 2.33. The largest absolute Gasteiger partial charge is 0.389 e. The summed E-state index contributed by atoms with van der Waals surface area (Å²) < 4.78 is 42.6. The minimum Gasteiger partial charge on any atom is -0.381 e. The van der Waals surface area contributed by atoms with Crippen molar-refractivity contribution >= 4 is 0 Å². The molecule has 0 aliphatic heterocycles. The molecule has 2 rings (SSSR count). The van der Waals surface area contributed by atoms with Crippen LogP contribution in [0.4, 0.5) is 13.2 Å². The number of hydrogen-bond acceptors (Lipinski definition) is 1. The second kappa shape index (κ2) is 9.29. The topological polar surface area (TPSA) is 9.23 Å². The van der Waals surface area contributed by atoms with Crippen LogP contribution in [0.1, 0.15) is 77.6 Å². The van der Waals surface area contributed by atoms with Gasteiger partial charge in [0.05, 0.1) is 0 Å². The Morgan fingerprint density at radius 1 is 0.826 bits per heavy atom. The molecule has 0 aromatic heterocycles. The van der Waals surface area contributed by atoms with E-state index in [1.165, 1.54) is 25.7 Å². The van der Waals surface area contributed by atoms with Gasteiger partial charge in [-0.25, -0.2) is 0 Å². The second-order valence-corrected chi connectivity index (χ2v) is 7.79. The molecule has 0 amide bonds. The zero-order chi connectivity index (χ0) is 16.7.